The van der Waals surface area contributed by atoms with Crippen molar-refractivity contribution in [1.29, 1.82) is 0 Å². The number of halogens is 1. The molecule has 0 radical (unpaired) electrons. The number of ether oxygens (including phenoxy) is 1. The van der Waals surface area contributed by atoms with E-state index in [9.17, 15) is 0 Å². The van der Waals surface area contributed by atoms with Crippen LogP contribution in [0.25, 0.3) is 0 Å². The molecule has 0 bridgehead atoms. The molecule has 0 aliphatic rings. The molecule has 0 aromatic heterocycles. The van der Waals surface area contributed by atoms with Crippen LogP contribution >= 0.6 is 23.8 Å². The number of thiocarbonyl (C=S) groups is 1. The van der Waals surface area contributed by atoms with Crippen LogP contribution in [-0.4, -0.2) is 12.2 Å². The summed E-state index contributed by atoms with van der Waals surface area (Å²) in [4.78, 5) is 0. The second-order valence-corrected chi connectivity index (χ2v) is 5.41. The van der Waals surface area contributed by atoms with Crippen LogP contribution < -0.4 is 15.4 Å². The van der Waals surface area contributed by atoms with Crippen molar-refractivity contribution in [1.82, 2.24) is 5.32 Å². The first-order chi connectivity index (χ1) is 10.1. The average Bonchev–Trinajstić information content (AvgIpc) is 2.49. The van der Waals surface area contributed by atoms with E-state index in [-0.39, 0.29) is 6.04 Å². The highest BCUT2D eigenvalue weighted by molar-refractivity contribution is 7.80. The first-order valence-corrected chi connectivity index (χ1v) is 7.35. The molecule has 0 unspecified atom stereocenters. The van der Waals surface area contributed by atoms with Crippen molar-refractivity contribution in [2.45, 2.75) is 13.0 Å². The summed E-state index contributed by atoms with van der Waals surface area (Å²) in [5.41, 5.74) is 1.95. The van der Waals surface area contributed by atoms with E-state index in [0.717, 1.165) is 17.0 Å². The minimum absolute atomic E-state index is 0.0356. The molecular formula is C16H17ClN2OS. The topological polar surface area (TPSA) is 33.3 Å². The van der Waals surface area contributed by atoms with Gasteiger partial charge < -0.3 is 15.4 Å². The molecule has 0 amide bonds. The van der Waals surface area contributed by atoms with Crippen molar-refractivity contribution in [2.24, 2.45) is 0 Å². The lowest BCUT2D eigenvalue weighted by molar-refractivity contribution is 0.405. The Kier molecular flexibility index (Phi) is 5.42. The number of para-hydroxylation sites is 1. The zero-order chi connectivity index (χ0) is 15.2. The van der Waals surface area contributed by atoms with Crippen LogP contribution in [0.15, 0.2) is 48.5 Å². The van der Waals surface area contributed by atoms with E-state index >= 15 is 0 Å². The third-order valence-corrected chi connectivity index (χ3v) is 3.53. The minimum atomic E-state index is 0.0356. The maximum atomic E-state index is 5.86. The van der Waals surface area contributed by atoms with Crippen molar-refractivity contribution in [3.8, 4) is 5.75 Å². The lowest BCUT2D eigenvalue weighted by atomic mass is 10.1. The second kappa shape index (κ2) is 7.29. The van der Waals surface area contributed by atoms with Gasteiger partial charge in [-0.05, 0) is 49.5 Å². The van der Waals surface area contributed by atoms with Gasteiger partial charge in [0.25, 0.3) is 0 Å². The predicted octanol–water partition coefficient (Wildman–Crippen LogP) is 4.40. The molecule has 0 fully saturated rings. The Morgan fingerprint density at radius 3 is 2.48 bits per heavy atom. The summed E-state index contributed by atoms with van der Waals surface area (Å²) in [6.07, 6.45) is 0. The van der Waals surface area contributed by atoms with Crippen LogP contribution in [0.4, 0.5) is 5.69 Å². The van der Waals surface area contributed by atoms with Gasteiger partial charge in [-0.2, -0.15) is 0 Å². The molecule has 1 atom stereocenters. The summed E-state index contributed by atoms with van der Waals surface area (Å²) in [5, 5.41) is 7.62. The van der Waals surface area contributed by atoms with Crippen molar-refractivity contribution in [3.05, 3.63) is 59.1 Å². The Morgan fingerprint density at radius 2 is 1.81 bits per heavy atom. The first kappa shape index (κ1) is 15.6. The molecule has 0 saturated carbocycles. The Labute approximate surface area is 135 Å². The summed E-state index contributed by atoms with van der Waals surface area (Å²) in [7, 11) is 1.66. The number of hydrogen-bond acceptors (Lipinski definition) is 2. The number of hydrogen-bond donors (Lipinski definition) is 2. The normalized spacial score (nSPS) is 11.6. The predicted molar refractivity (Wildman–Crippen MR) is 92.2 cm³/mol. The Hall–Kier alpha value is -1.78. The molecule has 0 aliphatic heterocycles. The van der Waals surface area contributed by atoms with Gasteiger partial charge in [-0.1, -0.05) is 29.8 Å². The van der Waals surface area contributed by atoms with Gasteiger partial charge in [-0.15, -0.1) is 0 Å². The van der Waals surface area contributed by atoms with Gasteiger partial charge in [0, 0.05) is 16.3 Å². The summed E-state index contributed by atoms with van der Waals surface area (Å²) in [6.45, 7) is 2.04. The van der Waals surface area contributed by atoms with Crippen molar-refractivity contribution < 1.29 is 4.74 Å². The largest absolute Gasteiger partial charge is 0.496 e. The highest BCUT2D eigenvalue weighted by atomic mass is 35.5. The summed E-state index contributed by atoms with van der Waals surface area (Å²) >= 11 is 11.2. The third-order valence-electron chi connectivity index (χ3n) is 3.06. The summed E-state index contributed by atoms with van der Waals surface area (Å²) in [5.74, 6) is 0.840. The first-order valence-electron chi connectivity index (χ1n) is 6.56. The van der Waals surface area contributed by atoms with Crippen molar-refractivity contribution >= 4 is 34.6 Å². The fraction of sp³-hybridized carbons (Fsp3) is 0.188. The van der Waals surface area contributed by atoms with Crippen LogP contribution in [0.5, 0.6) is 5.75 Å². The molecular weight excluding hydrogens is 304 g/mol. The molecule has 2 aromatic carbocycles. The van der Waals surface area contributed by atoms with Gasteiger partial charge in [0.2, 0.25) is 0 Å². The van der Waals surface area contributed by atoms with Crippen LogP contribution in [0.3, 0.4) is 0 Å². The SMILES string of the molecule is COc1ccccc1[C@H](C)NC(=S)Nc1ccc(Cl)cc1. The zero-order valence-corrected chi connectivity index (χ0v) is 13.5. The molecule has 0 spiro atoms. The molecule has 2 rings (SSSR count). The van der Waals surface area contributed by atoms with Crippen molar-refractivity contribution in [3.63, 3.8) is 0 Å². The van der Waals surface area contributed by atoms with Gasteiger partial charge in [0.1, 0.15) is 5.75 Å². The molecule has 3 nitrogen and oxygen atoms in total. The lowest BCUT2D eigenvalue weighted by Crippen LogP contribution is -2.31. The quantitative estimate of drug-likeness (QED) is 0.818. The Morgan fingerprint density at radius 1 is 1.14 bits per heavy atom. The van der Waals surface area contributed by atoms with Gasteiger partial charge in [0.15, 0.2) is 5.11 Å². The number of rotatable bonds is 4. The molecule has 2 N–H and O–H groups in total. The number of nitrogens with one attached hydrogen (secondary N) is 2. The monoisotopic (exact) mass is 320 g/mol. The van der Waals surface area contributed by atoms with Gasteiger partial charge >= 0.3 is 0 Å². The standard InChI is InChI=1S/C16H17ClN2OS/c1-11(14-5-3-4-6-15(14)20-2)18-16(21)19-13-9-7-12(17)8-10-13/h3-11H,1-2H3,(H2,18,19,21)/t11-/m0/s1. The van der Waals surface area contributed by atoms with E-state index in [4.69, 9.17) is 28.6 Å². The maximum Gasteiger partial charge on any atom is 0.171 e. The number of benzene rings is 2. The third kappa shape index (κ3) is 4.34. The van der Waals surface area contributed by atoms with E-state index in [2.05, 4.69) is 10.6 Å². The average molecular weight is 321 g/mol. The van der Waals surface area contributed by atoms with Crippen LogP contribution in [0, 0.1) is 0 Å². The Balaban J connectivity index is 2.00. The molecule has 5 heteroatoms. The summed E-state index contributed by atoms with van der Waals surface area (Å²) in [6, 6.07) is 15.3. The highest BCUT2D eigenvalue weighted by Gasteiger charge is 2.11. The van der Waals surface area contributed by atoms with E-state index in [1.54, 1.807) is 7.11 Å². The molecule has 110 valence electrons. The van der Waals surface area contributed by atoms with E-state index in [0.29, 0.717) is 10.1 Å². The maximum absolute atomic E-state index is 5.86. The van der Waals surface area contributed by atoms with Crippen LogP contribution in [0.2, 0.25) is 5.02 Å². The highest BCUT2D eigenvalue weighted by Crippen LogP contribution is 2.24. The van der Waals surface area contributed by atoms with E-state index in [1.807, 2.05) is 55.5 Å². The number of anilines is 1. The molecule has 2 aromatic rings. The lowest BCUT2D eigenvalue weighted by Gasteiger charge is -2.19. The minimum Gasteiger partial charge on any atom is -0.496 e. The fourth-order valence-corrected chi connectivity index (χ4v) is 2.42. The molecule has 0 saturated heterocycles. The van der Waals surface area contributed by atoms with E-state index in [1.165, 1.54) is 0 Å². The van der Waals surface area contributed by atoms with Crippen LogP contribution in [-0.2, 0) is 0 Å². The van der Waals surface area contributed by atoms with Crippen LogP contribution in [0.1, 0.15) is 18.5 Å². The second-order valence-electron chi connectivity index (χ2n) is 4.57. The van der Waals surface area contributed by atoms with Gasteiger partial charge in [0.05, 0.1) is 13.2 Å². The summed E-state index contributed by atoms with van der Waals surface area (Å²) < 4.78 is 5.36. The van der Waals surface area contributed by atoms with Crippen molar-refractivity contribution in [2.75, 3.05) is 12.4 Å². The fourth-order valence-electron chi connectivity index (χ4n) is 2.00. The van der Waals surface area contributed by atoms with E-state index < -0.39 is 0 Å². The smallest absolute Gasteiger partial charge is 0.171 e. The van der Waals surface area contributed by atoms with Gasteiger partial charge in [-0.3, -0.25) is 0 Å². The molecule has 0 aliphatic carbocycles. The Bertz CT molecular complexity index is 616. The zero-order valence-electron chi connectivity index (χ0n) is 11.9. The molecule has 21 heavy (non-hydrogen) atoms. The van der Waals surface area contributed by atoms with Gasteiger partial charge in [-0.25, -0.2) is 0 Å². The number of methoxy groups -OCH3 is 1. The molecule has 0 heterocycles.